The van der Waals surface area contributed by atoms with Crippen molar-refractivity contribution < 1.29 is 9.90 Å². The van der Waals surface area contributed by atoms with E-state index in [-0.39, 0.29) is 30.5 Å². The zero-order valence-corrected chi connectivity index (χ0v) is 19.6. The third kappa shape index (κ3) is 4.25. The number of carbonyl (C=O) groups is 1. The molecular weight excluding hydrogens is 440 g/mol. The van der Waals surface area contributed by atoms with Crippen molar-refractivity contribution >= 4 is 23.6 Å². The standard InChI is InChI=1S/C27H28N6O2/c1-16-11-29-27(35)22-9-6-20(10-23(16)22)31-26-19(14-34)12-28-25(32-26)18-4-7-21(8-5-18)33-13-24(30-15-33)17-2-3-17/h4-10,12-13,15-17,19,26,31,34H,2-3,11,14H2,1H3,(H,29,35). The molecule has 35 heavy (non-hydrogen) atoms. The monoisotopic (exact) mass is 468 g/mol. The van der Waals surface area contributed by atoms with Gasteiger partial charge in [-0.25, -0.2) is 15.0 Å². The molecule has 3 aliphatic rings. The summed E-state index contributed by atoms with van der Waals surface area (Å²) in [6.07, 6.45) is 7.84. The second-order valence-corrected chi connectivity index (χ2v) is 9.61. The van der Waals surface area contributed by atoms with E-state index < -0.39 is 0 Å². The number of nitrogens with one attached hydrogen (secondary N) is 2. The minimum Gasteiger partial charge on any atom is -0.396 e. The molecule has 1 aliphatic carbocycles. The molecule has 3 heterocycles. The van der Waals surface area contributed by atoms with E-state index in [0.717, 1.165) is 28.2 Å². The maximum absolute atomic E-state index is 12.2. The van der Waals surface area contributed by atoms with Crippen LogP contribution in [-0.4, -0.2) is 51.9 Å². The second kappa shape index (κ2) is 8.78. The van der Waals surface area contributed by atoms with Crippen LogP contribution in [0.25, 0.3) is 5.69 Å². The summed E-state index contributed by atoms with van der Waals surface area (Å²) in [5.41, 5.74) is 5.72. The lowest BCUT2D eigenvalue weighted by Crippen LogP contribution is -2.36. The predicted molar refractivity (Wildman–Crippen MR) is 136 cm³/mol. The molecule has 2 aliphatic heterocycles. The molecule has 1 fully saturated rings. The Morgan fingerprint density at radius 3 is 2.77 bits per heavy atom. The van der Waals surface area contributed by atoms with E-state index in [1.165, 1.54) is 12.8 Å². The van der Waals surface area contributed by atoms with Crippen LogP contribution < -0.4 is 10.6 Å². The van der Waals surface area contributed by atoms with Gasteiger partial charge in [-0.3, -0.25) is 4.79 Å². The Hall–Kier alpha value is -3.78. The van der Waals surface area contributed by atoms with E-state index in [1.54, 1.807) is 6.21 Å². The molecule has 8 heteroatoms. The molecule has 3 unspecified atom stereocenters. The fourth-order valence-corrected chi connectivity index (χ4v) is 4.68. The molecule has 3 atom stereocenters. The summed E-state index contributed by atoms with van der Waals surface area (Å²) in [4.78, 5) is 26.1. The molecule has 3 N–H and O–H groups in total. The quantitative estimate of drug-likeness (QED) is 0.515. The SMILES string of the molecule is CC1CNC(=O)c2ccc(NC3N=C(c4ccc(-n5cnc(C6CC6)c5)cc4)N=CC3CO)cc21. The van der Waals surface area contributed by atoms with Crippen LogP contribution in [0.4, 0.5) is 5.69 Å². The highest BCUT2D eigenvalue weighted by Crippen LogP contribution is 2.39. The predicted octanol–water partition coefficient (Wildman–Crippen LogP) is 3.47. The van der Waals surface area contributed by atoms with E-state index in [0.29, 0.717) is 23.9 Å². The van der Waals surface area contributed by atoms with Gasteiger partial charge in [0.1, 0.15) is 6.17 Å². The number of hydrogen-bond donors (Lipinski definition) is 3. The lowest BCUT2D eigenvalue weighted by Gasteiger charge is -2.27. The number of aliphatic hydroxyl groups excluding tert-OH is 1. The van der Waals surface area contributed by atoms with Gasteiger partial charge in [0.05, 0.1) is 24.5 Å². The minimum atomic E-state index is -0.368. The number of aliphatic hydroxyl groups is 1. The second-order valence-electron chi connectivity index (χ2n) is 9.61. The van der Waals surface area contributed by atoms with Gasteiger partial charge in [0.25, 0.3) is 5.91 Å². The van der Waals surface area contributed by atoms with Gasteiger partial charge in [0.2, 0.25) is 0 Å². The number of imidazole rings is 1. The minimum absolute atomic E-state index is 0.0362. The molecule has 0 radical (unpaired) electrons. The van der Waals surface area contributed by atoms with Crippen LogP contribution in [0.5, 0.6) is 0 Å². The molecule has 178 valence electrons. The van der Waals surface area contributed by atoms with Crippen LogP contribution in [0.3, 0.4) is 0 Å². The fraction of sp³-hybridized carbons (Fsp3) is 0.333. The summed E-state index contributed by atoms with van der Waals surface area (Å²) in [6, 6.07) is 13.9. The molecule has 0 saturated heterocycles. The van der Waals surface area contributed by atoms with Gasteiger partial charge in [-0.1, -0.05) is 6.92 Å². The molecule has 6 rings (SSSR count). The molecule has 2 aromatic carbocycles. The molecule has 0 bridgehead atoms. The first-order valence-electron chi connectivity index (χ1n) is 12.2. The number of benzene rings is 2. The first-order valence-corrected chi connectivity index (χ1v) is 12.2. The first-order chi connectivity index (χ1) is 17.1. The van der Waals surface area contributed by atoms with Crippen molar-refractivity contribution in [3.8, 4) is 5.69 Å². The Morgan fingerprint density at radius 1 is 1.17 bits per heavy atom. The number of fused-ring (bicyclic) bond motifs is 1. The van der Waals surface area contributed by atoms with Crippen molar-refractivity contribution in [2.75, 3.05) is 18.5 Å². The number of aromatic nitrogens is 2. The molecular formula is C27H28N6O2. The Kier molecular flexibility index (Phi) is 5.45. The summed E-state index contributed by atoms with van der Waals surface area (Å²) in [7, 11) is 0. The van der Waals surface area contributed by atoms with Crippen LogP contribution in [0.1, 0.15) is 58.8 Å². The average molecular weight is 469 g/mol. The zero-order chi connectivity index (χ0) is 23.9. The summed E-state index contributed by atoms with van der Waals surface area (Å²) in [6.45, 7) is 2.66. The molecule has 3 aromatic rings. The number of aliphatic imine (C=N–C) groups is 2. The van der Waals surface area contributed by atoms with Gasteiger partial charge in [-0.05, 0) is 66.8 Å². The number of amidine groups is 1. The molecule has 1 aromatic heterocycles. The Labute approximate surface area is 203 Å². The van der Waals surface area contributed by atoms with E-state index in [1.807, 2.05) is 53.4 Å². The van der Waals surface area contributed by atoms with Gasteiger partial charge in [0, 0.05) is 47.4 Å². The van der Waals surface area contributed by atoms with Gasteiger partial charge in [-0.2, -0.15) is 0 Å². The van der Waals surface area contributed by atoms with Gasteiger partial charge < -0.3 is 20.3 Å². The van der Waals surface area contributed by atoms with E-state index in [4.69, 9.17) is 4.99 Å². The van der Waals surface area contributed by atoms with Crippen LogP contribution in [0.15, 0.2) is 65.0 Å². The Bertz CT molecular complexity index is 1320. The Balaban J connectivity index is 1.23. The fourth-order valence-electron chi connectivity index (χ4n) is 4.68. The summed E-state index contributed by atoms with van der Waals surface area (Å²) in [5, 5.41) is 16.3. The first kappa shape index (κ1) is 21.7. The Morgan fingerprint density at radius 2 is 2.00 bits per heavy atom. The van der Waals surface area contributed by atoms with Crippen molar-refractivity contribution in [2.45, 2.75) is 37.8 Å². The van der Waals surface area contributed by atoms with Crippen LogP contribution in [0, 0.1) is 5.92 Å². The van der Waals surface area contributed by atoms with Gasteiger partial charge in [-0.15, -0.1) is 0 Å². The molecule has 1 saturated carbocycles. The van der Waals surface area contributed by atoms with E-state index in [2.05, 4.69) is 33.7 Å². The highest BCUT2D eigenvalue weighted by atomic mass is 16.3. The van der Waals surface area contributed by atoms with Crippen LogP contribution in [0.2, 0.25) is 0 Å². The van der Waals surface area contributed by atoms with Crippen molar-refractivity contribution in [2.24, 2.45) is 15.9 Å². The number of rotatable bonds is 6. The number of hydrogen-bond acceptors (Lipinski definition) is 6. The normalized spacial score (nSPS) is 23.4. The third-order valence-corrected chi connectivity index (χ3v) is 7.00. The lowest BCUT2D eigenvalue weighted by molar-refractivity contribution is 0.0941. The molecule has 8 nitrogen and oxygen atoms in total. The lowest BCUT2D eigenvalue weighted by atomic mass is 9.91. The number of amides is 1. The van der Waals surface area contributed by atoms with E-state index >= 15 is 0 Å². The maximum atomic E-state index is 12.2. The summed E-state index contributed by atoms with van der Waals surface area (Å²) in [5.74, 6) is 1.20. The van der Waals surface area contributed by atoms with Crippen LogP contribution in [-0.2, 0) is 0 Å². The number of nitrogens with zero attached hydrogens (tertiary/aromatic N) is 4. The van der Waals surface area contributed by atoms with Crippen molar-refractivity contribution in [1.82, 2.24) is 14.9 Å². The molecule has 0 spiro atoms. The third-order valence-electron chi connectivity index (χ3n) is 7.00. The number of anilines is 1. The van der Waals surface area contributed by atoms with Gasteiger partial charge in [0.15, 0.2) is 5.84 Å². The smallest absolute Gasteiger partial charge is 0.251 e. The maximum Gasteiger partial charge on any atom is 0.251 e. The van der Waals surface area contributed by atoms with Crippen molar-refractivity contribution in [1.29, 1.82) is 0 Å². The topological polar surface area (TPSA) is 104 Å². The van der Waals surface area contributed by atoms with Gasteiger partial charge >= 0.3 is 0 Å². The average Bonchev–Trinajstić information content (AvgIpc) is 3.63. The van der Waals surface area contributed by atoms with Crippen molar-refractivity contribution in [3.05, 3.63) is 77.4 Å². The van der Waals surface area contributed by atoms with Crippen LogP contribution >= 0.6 is 0 Å². The summed E-state index contributed by atoms with van der Waals surface area (Å²) < 4.78 is 2.05. The summed E-state index contributed by atoms with van der Waals surface area (Å²) >= 11 is 0. The zero-order valence-electron chi connectivity index (χ0n) is 19.6. The van der Waals surface area contributed by atoms with E-state index in [9.17, 15) is 9.90 Å². The highest BCUT2D eigenvalue weighted by molar-refractivity contribution is 6.04. The highest BCUT2D eigenvalue weighted by Gasteiger charge is 2.27. The molecule has 1 amide bonds. The largest absolute Gasteiger partial charge is 0.396 e. The number of carbonyl (C=O) groups excluding carboxylic acids is 1. The van der Waals surface area contributed by atoms with Crippen molar-refractivity contribution in [3.63, 3.8) is 0 Å².